The van der Waals surface area contributed by atoms with Crippen molar-refractivity contribution < 1.29 is 9.84 Å². The van der Waals surface area contributed by atoms with Crippen LogP contribution in [0.1, 0.15) is 22.8 Å². The van der Waals surface area contributed by atoms with E-state index in [1.165, 1.54) is 0 Å². The number of ether oxygens (including phenoxy) is 1. The fraction of sp³-hybridized carbons (Fsp3) is 0.278. The van der Waals surface area contributed by atoms with Crippen molar-refractivity contribution in [3.8, 4) is 11.8 Å². The molecule has 1 unspecified atom stereocenters. The Labute approximate surface area is 124 Å². The number of aliphatic hydroxyl groups excluding tert-OH is 1. The maximum atomic E-state index is 10.8. The Morgan fingerprint density at radius 1 is 1.14 bits per heavy atom. The lowest BCUT2D eigenvalue weighted by molar-refractivity contribution is 0.0691. The molecular weight excluding hydrogens is 262 g/mol. The number of rotatable bonds is 3. The number of hydrogen-bond donors (Lipinski definition) is 1. The minimum Gasteiger partial charge on any atom is -0.497 e. The van der Waals surface area contributed by atoms with Gasteiger partial charge < -0.3 is 9.84 Å². The Morgan fingerprint density at radius 2 is 1.81 bits per heavy atom. The van der Waals surface area contributed by atoms with Gasteiger partial charge in [0, 0.05) is 0 Å². The molecule has 0 bridgehead atoms. The van der Waals surface area contributed by atoms with Gasteiger partial charge in [-0.15, -0.1) is 0 Å². The van der Waals surface area contributed by atoms with Crippen LogP contribution in [0.5, 0.6) is 5.75 Å². The molecule has 1 N–H and O–H groups in total. The van der Waals surface area contributed by atoms with Crippen LogP contribution >= 0.6 is 0 Å². The van der Waals surface area contributed by atoms with Gasteiger partial charge in [0.05, 0.1) is 24.7 Å². The standard InChI is InChI=1S/C18H17NO2/c1-21-16-8-4-7-13(9-16)17(20)18(12-19)10-14-5-2-3-6-15(14)11-18/h2-9,17,20H,10-11H2,1H3. The van der Waals surface area contributed by atoms with Gasteiger partial charge in [-0.25, -0.2) is 0 Å². The Balaban J connectivity index is 1.96. The zero-order valence-electron chi connectivity index (χ0n) is 11.9. The topological polar surface area (TPSA) is 53.2 Å². The molecule has 0 saturated carbocycles. The van der Waals surface area contributed by atoms with Crippen molar-refractivity contribution in [3.63, 3.8) is 0 Å². The van der Waals surface area contributed by atoms with E-state index in [1.54, 1.807) is 13.2 Å². The zero-order valence-corrected chi connectivity index (χ0v) is 11.9. The Hall–Kier alpha value is -2.31. The highest BCUT2D eigenvalue weighted by atomic mass is 16.5. The Morgan fingerprint density at radius 3 is 2.38 bits per heavy atom. The largest absolute Gasteiger partial charge is 0.497 e. The highest BCUT2D eigenvalue weighted by Gasteiger charge is 2.44. The van der Waals surface area contributed by atoms with Gasteiger partial charge in [-0.05, 0) is 41.7 Å². The Kier molecular flexibility index (Phi) is 3.40. The van der Waals surface area contributed by atoms with Gasteiger partial charge in [-0.3, -0.25) is 0 Å². The van der Waals surface area contributed by atoms with Gasteiger partial charge in [0.25, 0.3) is 0 Å². The quantitative estimate of drug-likeness (QED) is 0.939. The molecule has 0 saturated heterocycles. The van der Waals surface area contributed by atoms with Gasteiger partial charge in [-0.1, -0.05) is 36.4 Å². The molecule has 0 spiro atoms. The van der Waals surface area contributed by atoms with Crippen LogP contribution in [-0.4, -0.2) is 12.2 Å². The molecule has 1 aliphatic carbocycles. The third kappa shape index (κ3) is 2.28. The maximum Gasteiger partial charge on any atom is 0.119 e. The summed E-state index contributed by atoms with van der Waals surface area (Å²) < 4.78 is 5.20. The average Bonchev–Trinajstić information content (AvgIpc) is 2.94. The van der Waals surface area contributed by atoms with E-state index >= 15 is 0 Å². The summed E-state index contributed by atoms with van der Waals surface area (Å²) in [5.74, 6) is 0.690. The van der Waals surface area contributed by atoms with Crippen LogP contribution < -0.4 is 4.74 Å². The summed E-state index contributed by atoms with van der Waals surface area (Å²) in [5, 5.41) is 20.5. The van der Waals surface area contributed by atoms with Crippen molar-refractivity contribution in [3.05, 3.63) is 65.2 Å². The summed E-state index contributed by atoms with van der Waals surface area (Å²) in [7, 11) is 1.59. The first kappa shape index (κ1) is 13.7. The number of aliphatic hydroxyl groups is 1. The molecule has 0 amide bonds. The number of hydrogen-bond acceptors (Lipinski definition) is 3. The second-order valence-corrected chi connectivity index (χ2v) is 5.57. The van der Waals surface area contributed by atoms with Gasteiger partial charge in [0.2, 0.25) is 0 Å². The fourth-order valence-corrected chi connectivity index (χ4v) is 3.11. The highest BCUT2D eigenvalue weighted by molar-refractivity contribution is 5.40. The second-order valence-electron chi connectivity index (χ2n) is 5.57. The summed E-state index contributed by atoms with van der Waals surface area (Å²) in [5.41, 5.74) is 2.24. The van der Waals surface area contributed by atoms with Crippen molar-refractivity contribution in [2.75, 3.05) is 7.11 Å². The van der Waals surface area contributed by atoms with Crippen LogP contribution in [0.2, 0.25) is 0 Å². The van der Waals surface area contributed by atoms with Crippen molar-refractivity contribution in [1.29, 1.82) is 5.26 Å². The molecule has 3 heteroatoms. The van der Waals surface area contributed by atoms with Crippen molar-refractivity contribution in [2.45, 2.75) is 18.9 Å². The van der Waals surface area contributed by atoms with Crippen LogP contribution in [0.25, 0.3) is 0 Å². The number of benzene rings is 2. The fourth-order valence-electron chi connectivity index (χ4n) is 3.11. The molecule has 1 atom stereocenters. The average molecular weight is 279 g/mol. The highest BCUT2D eigenvalue weighted by Crippen LogP contribution is 2.45. The van der Waals surface area contributed by atoms with Crippen molar-refractivity contribution in [2.24, 2.45) is 5.41 Å². The van der Waals surface area contributed by atoms with Crippen LogP contribution in [-0.2, 0) is 12.8 Å². The minimum absolute atomic E-state index is 0.581. The summed E-state index contributed by atoms with van der Waals surface area (Å²) in [4.78, 5) is 0. The molecule has 0 aromatic heterocycles. The number of nitrogens with zero attached hydrogens (tertiary/aromatic N) is 1. The molecule has 0 radical (unpaired) electrons. The van der Waals surface area contributed by atoms with E-state index in [0.717, 1.165) is 16.7 Å². The van der Waals surface area contributed by atoms with Gasteiger partial charge >= 0.3 is 0 Å². The number of methoxy groups -OCH3 is 1. The second kappa shape index (κ2) is 5.23. The molecular formula is C18H17NO2. The first-order chi connectivity index (χ1) is 10.2. The summed E-state index contributed by atoms with van der Waals surface area (Å²) >= 11 is 0. The van der Waals surface area contributed by atoms with Crippen LogP contribution in [0.15, 0.2) is 48.5 Å². The molecule has 3 nitrogen and oxygen atoms in total. The molecule has 2 aromatic rings. The molecule has 2 aromatic carbocycles. The summed E-state index contributed by atoms with van der Waals surface area (Å²) in [6, 6.07) is 17.7. The molecule has 0 fully saturated rings. The predicted octanol–water partition coefficient (Wildman–Crippen LogP) is 3.04. The van der Waals surface area contributed by atoms with Gasteiger partial charge in [-0.2, -0.15) is 5.26 Å². The number of fused-ring (bicyclic) bond motifs is 1. The molecule has 21 heavy (non-hydrogen) atoms. The number of nitriles is 1. The van der Waals surface area contributed by atoms with Crippen LogP contribution in [0.4, 0.5) is 0 Å². The third-order valence-electron chi connectivity index (χ3n) is 4.29. The molecule has 0 aliphatic heterocycles. The van der Waals surface area contributed by atoms with E-state index in [9.17, 15) is 10.4 Å². The first-order valence-corrected chi connectivity index (χ1v) is 6.98. The van der Waals surface area contributed by atoms with Gasteiger partial charge in [0.15, 0.2) is 0 Å². The minimum atomic E-state index is -0.829. The maximum absolute atomic E-state index is 10.8. The molecule has 1 aliphatic rings. The van der Waals surface area contributed by atoms with Crippen LogP contribution in [0.3, 0.4) is 0 Å². The van der Waals surface area contributed by atoms with E-state index in [4.69, 9.17) is 4.74 Å². The van der Waals surface area contributed by atoms with Crippen LogP contribution in [0, 0.1) is 16.7 Å². The van der Waals surface area contributed by atoms with Gasteiger partial charge in [0.1, 0.15) is 5.75 Å². The monoisotopic (exact) mass is 279 g/mol. The Bertz CT molecular complexity index is 677. The summed E-state index contributed by atoms with van der Waals surface area (Å²) in [6.45, 7) is 0. The lowest BCUT2D eigenvalue weighted by Crippen LogP contribution is -2.28. The lowest BCUT2D eigenvalue weighted by atomic mass is 9.77. The SMILES string of the molecule is COc1cccc(C(O)C2(C#N)Cc3ccccc3C2)c1. The molecule has 0 heterocycles. The summed E-state index contributed by atoms with van der Waals surface area (Å²) in [6.07, 6.45) is 0.334. The van der Waals surface area contributed by atoms with E-state index in [0.29, 0.717) is 18.6 Å². The van der Waals surface area contributed by atoms with E-state index in [2.05, 4.69) is 6.07 Å². The predicted molar refractivity (Wildman–Crippen MR) is 79.8 cm³/mol. The van der Waals surface area contributed by atoms with E-state index in [1.807, 2.05) is 42.5 Å². The van der Waals surface area contributed by atoms with E-state index < -0.39 is 11.5 Å². The normalized spacial score (nSPS) is 16.8. The van der Waals surface area contributed by atoms with Crippen molar-refractivity contribution in [1.82, 2.24) is 0 Å². The third-order valence-corrected chi connectivity index (χ3v) is 4.29. The zero-order chi connectivity index (χ0) is 14.9. The first-order valence-electron chi connectivity index (χ1n) is 6.98. The lowest BCUT2D eigenvalue weighted by Gasteiger charge is -2.27. The smallest absolute Gasteiger partial charge is 0.119 e. The molecule has 106 valence electrons. The van der Waals surface area contributed by atoms with E-state index in [-0.39, 0.29) is 0 Å². The molecule has 3 rings (SSSR count). The van der Waals surface area contributed by atoms with Crippen molar-refractivity contribution >= 4 is 0 Å².